The molecule has 0 spiro atoms. The Morgan fingerprint density at radius 3 is 2.17 bits per heavy atom. The molecule has 0 atom stereocenters. The van der Waals surface area contributed by atoms with E-state index < -0.39 is 5.63 Å². The Bertz CT molecular complexity index is 1120. The zero-order chi connectivity index (χ0) is 24.7. The maximum absolute atomic E-state index is 12.3. The van der Waals surface area contributed by atoms with Gasteiger partial charge in [0.1, 0.15) is 5.75 Å². The summed E-state index contributed by atoms with van der Waals surface area (Å²) in [6, 6.07) is 13.1. The van der Waals surface area contributed by atoms with Crippen molar-refractivity contribution in [1.29, 1.82) is 0 Å². The van der Waals surface area contributed by atoms with E-state index in [1.165, 1.54) is 51.0 Å². The van der Waals surface area contributed by atoms with E-state index in [0.717, 1.165) is 36.0 Å². The number of carbonyl (C=O) groups excluding carboxylic acids is 1. The van der Waals surface area contributed by atoms with Gasteiger partial charge in [-0.15, -0.1) is 0 Å². The Balaban J connectivity index is 1.23. The van der Waals surface area contributed by atoms with Crippen LogP contribution in [0.4, 0.5) is 0 Å². The summed E-state index contributed by atoms with van der Waals surface area (Å²) in [6.45, 7) is 4.57. The van der Waals surface area contributed by atoms with Crippen molar-refractivity contribution in [2.24, 2.45) is 0 Å². The van der Waals surface area contributed by atoms with Crippen LogP contribution in [0.15, 0.2) is 70.5 Å². The average molecular weight is 478 g/mol. The summed E-state index contributed by atoms with van der Waals surface area (Å²) in [7, 11) is 0. The van der Waals surface area contributed by atoms with Crippen LogP contribution >= 0.6 is 0 Å². The fourth-order valence-electron chi connectivity index (χ4n) is 3.93. The normalized spacial score (nSPS) is 10.9. The number of hydrogen-bond donors (Lipinski definition) is 0. The molecule has 2 aromatic heterocycles. The third kappa shape index (κ3) is 9.04. The van der Waals surface area contributed by atoms with Crippen molar-refractivity contribution < 1.29 is 18.7 Å². The number of benzene rings is 1. The molecule has 0 bridgehead atoms. The summed E-state index contributed by atoms with van der Waals surface area (Å²) in [4.78, 5) is 27.3. The van der Waals surface area contributed by atoms with Gasteiger partial charge in [0.2, 0.25) is 5.71 Å². The van der Waals surface area contributed by atoms with Crippen LogP contribution in [0.25, 0.3) is 22.2 Å². The third-order valence-corrected chi connectivity index (χ3v) is 5.89. The van der Waals surface area contributed by atoms with Gasteiger partial charge in [0.15, 0.2) is 0 Å². The summed E-state index contributed by atoms with van der Waals surface area (Å²) in [5, 5.41) is 0.797. The molecule has 35 heavy (non-hydrogen) atoms. The molecule has 3 rings (SSSR count). The lowest BCUT2D eigenvalue weighted by molar-refractivity contribution is -0.137. The zero-order valence-electron chi connectivity index (χ0n) is 20.4. The number of hydrogen-bond acceptors (Lipinski definition) is 6. The van der Waals surface area contributed by atoms with E-state index in [9.17, 15) is 9.59 Å². The fourth-order valence-corrected chi connectivity index (χ4v) is 3.93. The van der Waals surface area contributed by atoms with Gasteiger partial charge in [0.05, 0.1) is 18.8 Å². The van der Waals surface area contributed by atoms with E-state index >= 15 is 0 Å². The topological polar surface area (TPSA) is 78.6 Å². The highest BCUT2D eigenvalue weighted by molar-refractivity contribution is 5.81. The monoisotopic (exact) mass is 477 g/mol. The Labute approximate surface area is 207 Å². The lowest BCUT2D eigenvalue weighted by atomic mass is 10.1. The molecule has 0 fully saturated rings. The number of pyridine rings is 1. The number of aromatic nitrogens is 1. The SMILES string of the molecule is C=CC(=O)OCCCCCCCCCCCCOc1ccc(-c2cc3cccnc3oc2=O)cc1. The number of fused-ring (bicyclic) bond motifs is 1. The highest BCUT2D eigenvalue weighted by Gasteiger charge is 2.08. The zero-order valence-corrected chi connectivity index (χ0v) is 20.4. The number of nitrogens with zero attached hydrogens (tertiary/aromatic N) is 1. The lowest BCUT2D eigenvalue weighted by Crippen LogP contribution is -2.03. The quantitative estimate of drug-likeness (QED) is 0.127. The summed E-state index contributed by atoms with van der Waals surface area (Å²) in [5.41, 5.74) is 1.28. The summed E-state index contributed by atoms with van der Waals surface area (Å²) < 4.78 is 16.2. The van der Waals surface area contributed by atoms with Crippen LogP contribution in [0.3, 0.4) is 0 Å². The second-order valence-electron chi connectivity index (χ2n) is 8.63. The van der Waals surface area contributed by atoms with E-state index in [-0.39, 0.29) is 5.97 Å². The Kier molecular flexibility index (Phi) is 11.1. The van der Waals surface area contributed by atoms with Crippen molar-refractivity contribution in [3.63, 3.8) is 0 Å². The van der Waals surface area contributed by atoms with Gasteiger partial charge >= 0.3 is 11.6 Å². The van der Waals surface area contributed by atoms with Crippen molar-refractivity contribution in [3.8, 4) is 16.9 Å². The summed E-state index contributed by atoms with van der Waals surface area (Å²) >= 11 is 0. The molecule has 0 saturated heterocycles. The molecule has 0 amide bonds. The Morgan fingerprint density at radius 1 is 0.886 bits per heavy atom. The van der Waals surface area contributed by atoms with Gasteiger partial charge in [0.25, 0.3) is 0 Å². The molecule has 0 aliphatic rings. The third-order valence-electron chi connectivity index (χ3n) is 5.89. The first-order valence-corrected chi connectivity index (χ1v) is 12.6. The first kappa shape index (κ1) is 26.2. The number of esters is 1. The first-order valence-electron chi connectivity index (χ1n) is 12.6. The average Bonchev–Trinajstić information content (AvgIpc) is 2.88. The van der Waals surface area contributed by atoms with Crippen LogP contribution in [-0.2, 0) is 9.53 Å². The molecule has 0 saturated carbocycles. The van der Waals surface area contributed by atoms with Gasteiger partial charge < -0.3 is 13.9 Å². The number of ether oxygens (including phenoxy) is 2. The lowest BCUT2D eigenvalue weighted by Gasteiger charge is -2.08. The molecular formula is C29H35NO5. The molecule has 186 valence electrons. The van der Waals surface area contributed by atoms with Gasteiger partial charge in [-0.05, 0) is 48.7 Å². The van der Waals surface area contributed by atoms with Gasteiger partial charge in [0, 0.05) is 17.7 Å². The molecule has 0 aliphatic heterocycles. The van der Waals surface area contributed by atoms with E-state index in [2.05, 4.69) is 11.6 Å². The maximum atomic E-state index is 12.3. The number of rotatable bonds is 16. The molecule has 6 heteroatoms. The molecule has 0 radical (unpaired) electrons. The predicted molar refractivity (Wildman–Crippen MR) is 139 cm³/mol. The van der Waals surface area contributed by atoms with Crippen LogP contribution in [0.2, 0.25) is 0 Å². The van der Waals surface area contributed by atoms with E-state index in [4.69, 9.17) is 13.9 Å². The maximum Gasteiger partial charge on any atom is 0.345 e. The standard InChI is InChI=1S/C29H35NO5/c1-2-27(31)34-21-12-10-8-6-4-3-5-7-9-11-20-33-25-17-15-23(16-18-25)26-22-24-14-13-19-30-28(24)35-29(26)32/h2,13-19,22H,1,3-12,20-21H2. The van der Waals surface area contributed by atoms with Crippen LogP contribution in [0.1, 0.15) is 64.2 Å². The molecule has 0 aliphatic carbocycles. The molecule has 0 N–H and O–H groups in total. The van der Waals surface area contributed by atoms with E-state index in [1.807, 2.05) is 42.5 Å². The van der Waals surface area contributed by atoms with E-state index in [0.29, 0.717) is 24.5 Å². The summed E-state index contributed by atoms with van der Waals surface area (Å²) in [5.74, 6) is 0.471. The minimum Gasteiger partial charge on any atom is -0.494 e. The smallest absolute Gasteiger partial charge is 0.345 e. The fraction of sp³-hybridized carbons (Fsp3) is 0.414. The molecule has 6 nitrogen and oxygen atoms in total. The largest absolute Gasteiger partial charge is 0.494 e. The van der Waals surface area contributed by atoms with Crippen molar-refractivity contribution in [1.82, 2.24) is 4.98 Å². The highest BCUT2D eigenvalue weighted by Crippen LogP contribution is 2.23. The minimum atomic E-state index is -0.392. The first-order chi connectivity index (χ1) is 17.2. The van der Waals surface area contributed by atoms with Crippen LogP contribution < -0.4 is 10.4 Å². The van der Waals surface area contributed by atoms with Crippen LogP contribution in [-0.4, -0.2) is 24.2 Å². The van der Waals surface area contributed by atoms with Gasteiger partial charge in [-0.3, -0.25) is 0 Å². The second kappa shape index (κ2) is 14.8. The molecule has 3 aromatic rings. The van der Waals surface area contributed by atoms with Crippen molar-refractivity contribution in [2.45, 2.75) is 64.2 Å². The van der Waals surface area contributed by atoms with Gasteiger partial charge in [-0.25, -0.2) is 14.6 Å². The van der Waals surface area contributed by atoms with Gasteiger partial charge in [-0.1, -0.05) is 70.1 Å². The van der Waals surface area contributed by atoms with Crippen molar-refractivity contribution >= 4 is 17.1 Å². The minimum absolute atomic E-state index is 0.334. The van der Waals surface area contributed by atoms with Crippen LogP contribution in [0.5, 0.6) is 5.75 Å². The van der Waals surface area contributed by atoms with Gasteiger partial charge in [-0.2, -0.15) is 0 Å². The van der Waals surface area contributed by atoms with Crippen molar-refractivity contribution in [3.05, 3.63) is 71.7 Å². The Morgan fingerprint density at radius 2 is 1.51 bits per heavy atom. The highest BCUT2D eigenvalue weighted by atomic mass is 16.5. The number of unbranched alkanes of at least 4 members (excludes halogenated alkanes) is 9. The van der Waals surface area contributed by atoms with E-state index in [1.54, 1.807) is 6.20 Å². The van der Waals surface area contributed by atoms with Crippen molar-refractivity contribution in [2.75, 3.05) is 13.2 Å². The van der Waals surface area contributed by atoms with Crippen LogP contribution in [0, 0.1) is 0 Å². The number of carbonyl (C=O) groups is 1. The predicted octanol–water partition coefficient (Wildman–Crippen LogP) is 6.86. The molecule has 2 heterocycles. The summed E-state index contributed by atoms with van der Waals surface area (Å²) in [6.07, 6.45) is 14.5. The molecule has 1 aromatic carbocycles. The molecular weight excluding hydrogens is 442 g/mol. The second-order valence-corrected chi connectivity index (χ2v) is 8.63. The Hall–Kier alpha value is -3.41. The molecule has 0 unspecified atom stereocenters.